The second-order valence-electron chi connectivity index (χ2n) is 8.71. The molecule has 1 saturated heterocycles. The number of hydrogen-bond acceptors (Lipinski definition) is 3. The zero-order chi connectivity index (χ0) is 23.1. The van der Waals surface area contributed by atoms with Crippen molar-refractivity contribution in [2.45, 2.75) is 46.3 Å². The summed E-state index contributed by atoms with van der Waals surface area (Å²) >= 11 is 5.82. The Balaban J connectivity index is 1.65. The largest absolute Gasteiger partial charge is 0.467 e. The lowest BCUT2D eigenvalue weighted by Crippen LogP contribution is -2.29. The third kappa shape index (κ3) is 3.74. The van der Waals surface area contributed by atoms with Gasteiger partial charge in [-0.15, -0.1) is 0 Å². The van der Waals surface area contributed by atoms with Crippen molar-refractivity contribution in [1.29, 1.82) is 0 Å². The summed E-state index contributed by atoms with van der Waals surface area (Å²) in [6.45, 7) is 9.32. The Morgan fingerprint density at radius 1 is 1.03 bits per heavy atom. The molecule has 0 bridgehead atoms. The summed E-state index contributed by atoms with van der Waals surface area (Å²) in [6, 6.07) is 18.7. The number of benzene rings is 1. The molecule has 1 N–H and O–H groups in total. The third-order valence-corrected chi connectivity index (χ3v) is 7.06. The van der Waals surface area contributed by atoms with Crippen LogP contribution in [0.5, 0.6) is 0 Å². The van der Waals surface area contributed by atoms with E-state index in [0.29, 0.717) is 11.7 Å². The van der Waals surface area contributed by atoms with E-state index in [-0.39, 0.29) is 12.1 Å². The average Bonchev–Trinajstić information content (AvgIpc) is 3.51. The lowest BCUT2D eigenvalue weighted by molar-refractivity contribution is 0.286. The number of pyridine rings is 1. The van der Waals surface area contributed by atoms with Gasteiger partial charge in [0.05, 0.1) is 30.6 Å². The summed E-state index contributed by atoms with van der Waals surface area (Å²) in [4.78, 5) is 6.89. The smallest absolute Gasteiger partial charge is 0.170 e. The van der Waals surface area contributed by atoms with Gasteiger partial charge in [0.1, 0.15) is 5.76 Å². The summed E-state index contributed by atoms with van der Waals surface area (Å²) < 4.78 is 8.04. The normalized spacial score (nSPS) is 18.1. The van der Waals surface area contributed by atoms with E-state index in [1.807, 2.05) is 30.5 Å². The number of rotatable bonds is 5. The highest BCUT2D eigenvalue weighted by Crippen LogP contribution is 2.42. The molecule has 1 aliphatic rings. The van der Waals surface area contributed by atoms with Crippen molar-refractivity contribution in [3.8, 4) is 5.69 Å². The molecule has 0 spiro atoms. The molecule has 1 fully saturated rings. The molecular weight excluding hydrogens is 428 g/mol. The van der Waals surface area contributed by atoms with Crippen LogP contribution < -0.4 is 5.32 Å². The van der Waals surface area contributed by atoms with Crippen LogP contribution in [0.15, 0.2) is 71.5 Å². The first-order chi connectivity index (χ1) is 16.0. The highest BCUT2D eigenvalue weighted by Gasteiger charge is 2.41. The Hall–Kier alpha value is -3.38. The van der Waals surface area contributed by atoms with Crippen LogP contribution in [0.3, 0.4) is 0 Å². The minimum absolute atomic E-state index is 0.0115. The van der Waals surface area contributed by atoms with Gasteiger partial charge in [-0.1, -0.05) is 18.2 Å². The van der Waals surface area contributed by atoms with Gasteiger partial charge in [0.2, 0.25) is 0 Å². The Morgan fingerprint density at radius 2 is 1.88 bits per heavy atom. The van der Waals surface area contributed by atoms with Gasteiger partial charge >= 0.3 is 0 Å². The lowest BCUT2D eigenvalue weighted by Gasteiger charge is -2.27. The minimum Gasteiger partial charge on any atom is -0.467 e. The summed E-state index contributed by atoms with van der Waals surface area (Å²) in [5, 5.41) is 4.25. The van der Waals surface area contributed by atoms with Gasteiger partial charge in [-0.2, -0.15) is 0 Å². The maximum atomic E-state index is 5.82. The van der Waals surface area contributed by atoms with Gasteiger partial charge in [0, 0.05) is 23.3 Å². The number of thiocarbonyl (C=S) groups is 1. The molecule has 0 amide bonds. The van der Waals surface area contributed by atoms with Crippen molar-refractivity contribution in [2.24, 2.45) is 0 Å². The highest BCUT2D eigenvalue weighted by atomic mass is 32.1. The van der Waals surface area contributed by atoms with Crippen molar-refractivity contribution >= 4 is 17.3 Å². The molecule has 0 aliphatic carbocycles. The summed E-state index contributed by atoms with van der Waals surface area (Å²) in [5.74, 6) is 0.883. The van der Waals surface area contributed by atoms with E-state index >= 15 is 0 Å². The number of nitrogens with one attached hydrogen (secondary N) is 1. The van der Waals surface area contributed by atoms with Crippen molar-refractivity contribution in [1.82, 2.24) is 19.8 Å². The monoisotopic (exact) mass is 456 g/mol. The third-order valence-electron chi connectivity index (χ3n) is 6.71. The standard InChI is InChI=1S/C27H28N4OS/c1-17-9-7-12-24(19(17)3)31-18(2)15-22(20(31)4)26-25(23-11-5-6-13-28-23)29-27(33)30(26)16-21-10-8-14-32-21/h5-15,25-26H,16H2,1-4H3,(H,29,33)/t25-,26-/m1/s1. The fourth-order valence-corrected chi connectivity index (χ4v) is 5.23. The predicted octanol–water partition coefficient (Wildman–Crippen LogP) is 5.87. The molecule has 168 valence electrons. The van der Waals surface area contributed by atoms with Crippen molar-refractivity contribution in [3.63, 3.8) is 0 Å². The minimum atomic E-state index is -0.0544. The number of nitrogens with zero attached hydrogens (tertiary/aromatic N) is 3. The molecule has 1 aromatic carbocycles. The second-order valence-corrected chi connectivity index (χ2v) is 9.10. The molecule has 3 aromatic heterocycles. The van der Waals surface area contributed by atoms with Gasteiger partial charge in [0.25, 0.3) is 0 Å². The Morgan fingerprint density at radius 3 is 2.61 bits per heavy atom. The van der Waals surface area contributed by atoms with E-state index in [1.54, 1.807) is 6.26 Å². The van der Waals surface area contributed by atoms with E-state index in [1.165, 1.54) is 33.8 Å². The topological polar surface area (TPSA) is 46.2 Å². The highest BCUT2D eigenvalue weighted by molar-refractivity contribution is 7.80. The quantitative estimate of drug-likeness (QED) is 0.381. The maximum absolute atomic E-state index is 5.82. The molecule has 33 heavy (non-hydrogen) atoms. The number of furan rings is 1. The van der Waals surface area contributed by atoms with E-state index in [0.717, 1.165) is 11.5 Å². The van der Waals surface area contributed by atoms with Gasteiger partial charge in [-0.05, 0) is 93.0 Å². The Kier molecular flexibility index (Phi) is 5.54. The van der Waals surface area contributed by atoms with Crippen LogP contribution in [0.4, 0.5) is 0 Å². The zero-order valence-corrected chi connectivity index (χ0v) is 20.2. The maximum Gasteiger partial charge on any atom is 0.170 e. The van der Waals surface area contributed by atoms with Gasteiger partial charge in [-0.3, -0.25) is 4.98 Å². The van der Waals surface area contributed by atoms with Crippen LogP contribution in [-0.2, 0) is 6.54 Å². The van der Waals surface area contributed by atoms with E-state index < -0.39 is 0 Å². The number of hydrogen-bond donors (Lipinski definition) is 1. The van der Waals surface area contributed by atoms with Crippen molar-refractivity contribution in [3.05, 3.63) is 107 Å². The summed E-state index contributed by atoms with van der Waals surface area (Å²) in [5.41, 5.74) is 8.42. The number of aryl methyl sites for hydroxylation is 2. The zero-order valence-electron chi connectivity index (χ0n) is 19.4. The SMILES string of the molecule is Cc1cccc(-n2c(C)cc([C@@H]3[C@@H](c4ccccn4)NC(=S)N3Cc3ccco3)c2C)c1C. The molecule has 0 unspecified atom stereocenters. The van der Waals surface area contributed by atoms with E-state index in [2.05, 4.69) is 77.8 Å². The molecule has 0 radical (unpaired) electrons. The molecule has 5 nitrogen and oxygen atoms in total. The first-order valence-corrected chi connectivity index (χ1v) is 11.6. The second kappa shape index (κ2) is 8.52. The van der Waals surface area contributed by atoms with Gasteiger partial charge < -0.3 is 19.2 Å². The Bertz CT molecular complexity index is 1290. The first kappa shape index (κ1) is 21.5. The molecule has 0 saturated carbocycles. The van der Waals surface area contributed by atoms with Crippen LogP contribution in [0.2, 0.25) is 0 Å². The Labute approximate surface area is 200 Å². The van der Waals surface area contributed by atoms with E-state index in [9.17, 15) is 0 Å². The van der Waals surface area contributed by atoms with Crippen LogP contribution in [0.25, 0.3) is 5.69 Å². The van der Waals surface area contributed by atoms with Crippen molar-refractivity contribution < 1.29 is 4.42 Å². The van der Waals surface area contributed by atoms with Gasteiger partial charge in [0.15, 0.2) is 5.11 Å². The fourth-order valence-electron chi connectivity index (χ4n) is 4.92. The molecule has 5 rings (SSSR count). The molecule has 1 aliphatic heterocycles. The molecule has 6 heteroatoms. The molecular formula is C27H28N4OS. The van der Waals surface area contributed by atoms with Crippen molar-refractivity contribution in [2.75, 3.05) is 0 Å². The van der Waals surface area contributed by atoms with Crippen LogP contribution >= 0.6 is 12.2 Å². The summed E-state index contributed by atoms with van der Waals surface area (Å²) in [7, 11) is 0. The molecule has 4 heterocycles. The summed E-state index contributed by atoms with van der Waals surface area (Å²) in [6.07, 6.45) is 3.55. The van der Waals surface area contributed by atoms with Gasteiger partial charge in [-0.25, -0.2) is 0 Å². The fraction of sp³-hybridized carbons (Fsp3) is 0.259. The lowest BCUT2D eigenvalue weighted by atomic mass is 9.96. The van der Waals surface area contributed by atoms with Crippen LogP contribution in [0.1, 0.15) is 51.6 Å². The molecule has 2 atom stereocenters. The molecule has 4 aromatic rings. The number of aromatic nitrogens is 2. The first-order valence-electron chi connectivity index (χ1n) is 11.2. The average molecular weight is 457 g/mol. The predicted molar refractivity (Wildman–Crippen MR) is 134 cm³/mol. The van der Waals surface area contributed by atoms with Crippen LogP contribution in [0, 0.1) is 27.7 Å². The van der Waals surface area contributed by atoms with E-state index in [4.69, 9.17) is 16.6 Å². The van der Waals surface area contributed by atoms with Crippen LogP contribution in [-0.4, -0.2) is 19.6 Å².